The Morgan fingerprint density at radius 2 is 2.08 bits per heavy atom. The van der Waals surface area contributed by atoms with Crippen molar-refractivity contribution in [1.29, 1.82) is 0 Å². The first-order valence-electron chi connectivity index (χ1n) is 7.77. The number of carbonyl (C=O) groups is 1. The van der Waals surface area contributed by atoms with Gasteiger partial charge in [0.2, 0.25) is 0 Å². The molecular weight excluding hydrogens is 349 g/mol. The summed E-state index contributed by atoms with van der Waals surface area (Å²) in [5.41, 5.74) is 2.12. The number of halogens is 2. The molecule has 2 rings (SSSR count). The van der Waals surface area contributed by atoms with Gasteiger partial charge in [0.05, 0.1) is 10.7 Å². The Kier molecular flexibility index (Phi) is 6.52. The molecule has 24 heavy (non-hydrogen) atoms. The Morgan fingerprint density at radius 1 is 1.33 bits per heavy atom. The van der Waals surface area contributed by atoms with Crippen molar-refractivity contribution in [3.8, 4) is 5.75 Å². The second-order valence-electron chi connectivity index (χ2n) is 5.63. The highest BCUT2D eigenvalue weighted by Gasteiger charge is 2.15. The van der Waals surface area contributed by atoms with Crippen LogP contribution in [0.1, 0.15) is 24.7 Å². The van der Waals surface area contributed by atoms with E-state index >= 15 is 0 Å². The zero-order chi connectivity index (χ0) is 17.7. The zero-order valence-electron chi connectivity index (χ0n) is 14.0. The summed E-state index contributed by atoms with van der Waals surface area (Å²) in [7, 11) is 0. The number of hydrogen-bond acceptors (Lipinski definition) is 3. The molecule has 1 aromatic heterocycles. The van der Waals surface area contributed by atoms with Gasteiger partial charge < -0.3 is 10.1 Å². The average molecular weight is 370 g/mol. The smallest absolute Gasteiger partial charge is 0.260 e. The molecule has 0 bridgehead atoms. The number of carbonyl (C=O) groups excluding carboxylic acids is 1. The molecule has 0 aliphatic heterocycles. The van der Waals surface area contributed by atoms with Gasteiger partial charge >= 0.3 is 0 Å². The van der Waals surface area contributed by atoms with E-state index in [-0.39, 0.29) is 5.91 Å². The third-order valence-electron chi connectivity index (χ3n) is 3.52. The van der Waals surface area contributed by atoms with E-state index in [1.807, 2.05) is 24.6 Å². The van der Waals surface area contributed by atoms with Gasteiger partial charge in [-0.1, -0.05) is 23.2 Å². The predicted octanol–water partition coefficient (Wildman–Crippen LogP) is 3.78. The largest absolute Gasteiger partial charge is 0.479 e. The van der Waals surface area contributed by atoms with Crippen molar-refractivity contribution in [2.45, 2.75) is 39.8 Å². The van der Waals surface area contributed by atoms with Crippen LogP contribution in [0.4, 0.5) is 0 Å². The maximum Gasteiger partial charge on any atom is 0.260 e. The fourth-order valence-corrected chi connectivity index (χ4v) is 2.75. The summed E-state index contributed by atoms with van der Waals surface area (Å²) in [5.74, 6) is 0.251. The van der Waals surface area contributed by atoms with E-state index in [0.717, 1.165) is 24.4 Å². The molecule has 1 aromatic carbocycles. The van der Waals surface area contributed by atoms with E-state index in [2.05, 4.69) is 10.4 Å². The van der Waals surface area contributed by atoms with Gasteiger partial charge in [-0.15, -0.1) is 0 Å². The number of ether oxygens (including phenoxy) is 1. The normalized spacial score (nSPS) is 12.0. The molecule has 5 nitrogen and oxygen atoms in total. The lowest BCUT2D eigenvalue weighted by atomic mass is 10.3. The van der Waals surface area contributed by atoms with E-state index in [9.17, 15) is 4.79 Å². The van der Waals surface area contributed by atoms with Gasteiger partial charge in [-0.05, 0) is 51.5 Å². The summed E-state index contributed by atoms with van der Waals surface area (Å²) in [4.78, 5) is 12.1. The number of benzene rings is 1. The molecule has 0 saturated carbocycles. The standard InChI is InChI=1S/C17H21Cl2N3O2/c1-11-9-12(2)22(21-11)8-4-7-20-17(23)13(3)24-16-6-5-14(18)10-15(16)19/h5-6,9-10,13H,4,7-8H2,1-3H3,(H,20,23). The van der Waals surface area contributed by atoms with Crippen molar-refractivity contribution in [2.75, 3.05) is 6.54 Å². The van der Waals surface area contributed by atoms with Gasteiger partial charge in [0.15, 0.2) is 6.10 Å². The molecule has 0 radical (unpaired) electrons. The molecule has 1 unspecified atom stereocenters. The Hall–Kier alpha value is -1.72. The quantitative estimate of drug-likeness (QED) is 0.755. The molecule has 1 N–H and O–H groups in total. The zero-order valence-corrected chi connectivity index (χ0v) is 15.5. The predicted molar refractivity (Wildman–Crippen MR) is 95.9 cm³/mol. The summed E-state index contributed by atoms with van der Waals surface area (Å²) < 4.78 is 7.52. The van der Waals surface area contributed by atoms with Crippen LogP contribution in [-0.4, -0.2) is 28.3 Å². The van der Waals surface area contributed by atoms with Crippen molar-refractivity contribution in [3.05, 3.63) is 45.7 Å². The summed E-state index contributed by atoms with van der Waals surface area (Å²) in [6.45, 7) is 6.98. The number of aryl methyl sites for hydroxylation is 3. The number of rotatable bonds is 7. The van der Waals surface area contributed by atoms with Crippen LogP contribution < -0.4 is 10.1 Å². The Balaban J connectivity index is 1.76. The summed E-state index contributed by atoms with van der Waals surface area (Å²) in [6.07, 6.45) is 0.152. The third kappa shape index (κ3) is 5.14. The highest BCUT2D eigenvalue weighted by molar-refractivity contribution is 6.35. The molecular formula is C17H21Cl2N3O2. The van der Waals surface area contributed by atoms with Crippen LogP contribution in [0.3, 0.4) is 0 Å². The number of amides is 1. The lowest BCUT2D eigenvalue weighted by Gasteiger charge is -2.16. The highest BCUT2D eigenvalue weighted by atomic mass is 35.5. The number of hydrogen-bond donors (Lipinski definition) is 1. The SMILES string of the molecule is Cc1cc(C)n(CCCNC(=O)C(C)Oc2ccc(Cl)cc2Cl)n1. The van der Waals surface area contributed by atoms with Crippen LogP contribution in [0, 0.1) is 13.8 Å². The van der Waals surface area contributed by atoms with E-state index in [4.69, 9.17) is 27.9 Å². The topological polar surface area (TPSA) is 56.2 Å². The molecule has 130 valence electrons. The average Bonchev–Trinajstić information content (AvgIpc) is 2.84. The van der Waals surface area contributed by atoms with Crippen LogP contribution in [0.5, 0.6) is 5.75 Å². The molecule has 0 aliphatic rings. The Morgan fingerprint density at radius 3 is 2.71 bits per heavy atom. The maximum atomic E-state index is 12.1. The monoisotopic (exact) mass is 369 g/mol. The summed E-state index contributed by atoms with van der Waals surface area (Å²) in [6, 6.07) is 6.93. The van der Waals surface area contributed by atoms with Crippen molar-refractivity contribution in [1.82, 2.24) is 15.1 Å². The van der Waals surface area contributed by atoms with Crippen LogP contribution >= 0.6 is 23.2 Å². The van der Waals surface area contributed by atoms with Crippen LogP contribution in [0.25, 0.3) is 0 Å². The molecule has 0 aliphatic carbocycles. The van der Waals surface area contributed by atoms with Gasteiger partial charge in [0.25, 0.3) is 5.91 Å². The Labute approximate surface area is 151 Å². The molecule has 0 spiro atoms. The third-order valence-corrected chi connectivity index (χ3v) is 4.05. The molecule has 7 heteroatoms. The van der Waals surface area contributed by atoms with Crippen LogP contribution in [0.15, 0.2) is 24.3 Å². The lowest BCUT2D eigenvalue weighted by molar-refractivity contribution is -0.127. The highest BCUT2D eigenvalue weighted by Crippen LogP contribution is 2.28. The number of nitrogens with zero attached hydrogens (tertiary/aromatic N) is 2. The molecule has 1 amide bonds. The lowest BCUT2D eigenvalue weighted by Crippen LogP contribution is -2.37. The van der Waals surface area contributed by atoms with Crippen molar-refractivity contribution in [3.63, 3.8) is 0 Å². The number of aromatic nitrogens is 2. The van der Waals surface area contributed by atoms with Gasteiger partial charge in [0.1, 0.15) is 5.75 Å². The second-order valence-corrected chi connectivity index (χ2v) is 6.47. The number of nitrogens with one attached hydrogen (secondary N) is 1. The minimum Gasteiger partial charge on any atom is -0.479 e. The van der Waals surface area contributed by atoms with E-state index < -0.39 is 6.10 Å². The molecule has 0 saturated heterocycles. The first-order chi connectivity index (χ1) is 11.4. The molecule has 1 heterocycles. The Bertz CT molecular complexity index is 716. The van der Waals surface area contributed by atoms with E-state index in [0.29, 0.717) is 22.3 Å². The molecule has 1 atom stereocenters. The first kappa shape index (κ1) is 18.6. The summed E-state index contributed by atoms with van der Waals surface area (Å²) in [5, 5.41) is 8.15. The van der Waals surface area contributed by atoms with Crippen molar-refractivity contribution in [2.24, 2.45) is 0 Å². The fraction of sp³-hybridized carbons (Fsp3) is 0.412. The van der Waals surface area contributed by atoms with Crippen LogP contribution in [-0.2, 0) is 11.3 Å². The fourth-order valence-electron chi connectivity index (χ4n) is 2.30. The second kappa shape index (κ2) is 8.40. The van der Waals surface area contributed by atoms with Crippen molar-refractivity contribution < 1.29 is 9.53 Å². The van der Waals surface area contributed by atoms with Gasteiger partial charge in [-0.25, -0.2) is 0 Å². The first-order valence-corrected chi connectivity index (χ1v) is 8.53. The summed E-state index contributed by atoms with van der Waals surface area (Å²) >= 11 is 11.9. The van der Waals surface area contributed by atoms with Gasteiger partial charge in [-0.3, -0.25) is 9.48 Å². The minimum atomic E-state index is -0.641. The van der Waals surface area contributed by atoms with Gasteiger partial charge in [0, 0.05) is 23.8 Å². The van der Waals surface area contributed by atoms with Crippen LogP contribution in [0.2, 0.25) is 10.0 Å². The van der Waals surface area contributed by atoms with E-state index in [1.54, 1.807) is 25.1 Å². The van der Waals surface area contributed by atoms with Gasteiger partial charge in [-0.2, -0.15) is 5.10 Å². The van der Waals surface area contributed by atoms with E-state index in [1.165, 1.54) is 0 Å². The minimum absolute atomic E-state index is 0.186. The maximum absolute atomic E-state index is 12.1. The molecule has 0 fully saturated rings. The molecule has 2 aromatic rings. The van der Waals surface area contributed by atoms with Crippen molar-refractivity contribution >= 4 is 29.1 Å².